The molecule has 0 saturated heterocycles. The van der Waals surface area contributed by atoms with Gasteiger partial charge in [-0.3, -0.25) is 19.3 Å². The first kappa shape index (κ1) is 23.5. The summed E-state index contributed by atoms with van der Waals surface area (Å²) in [4.78, 5) is 39.3. The smallest absolute Gasteiger partial charge is 0.287 e. The van der Waals surface area contributed by atoms with Crippen LogP contribution in [0.15, 0.2) is 59.0 Å². The maximum Gasteiger partial charge on any atom is 0.287 e. The van der Waals surface area contributed by atoms with Gasteiger partial charge in [0.25, 0.3) is 11.8 Å². The zero-order valence-corrected chi connectivity index (χ0v) is 19.8. The van der Waals surface area contributed by atoms with Crippen molar-refractivity contribution in [2.45, 2.75) is 19.4 Å². The van der Waals surface area contributed by atoms with Crippen molar-refractivity contribution in [2.75, 3.05) is 31.8 Å². The van der Waals surface area contributed by atoms with Crippen LogP contribution in [0.2, 0.25) is 0 Å². The molecule has 1 fully saturated rings. The van der Waals surface area contributed by atoms with Gasteiger partial charge in [0, 0.05) is 18.2 Å². The zero-order valence-electron chi connectivity index (χ0n) is 19.8. The van der Waals surface area contributed by atoms with E-state index in [1.165, 1.54) is 4.90 Å². The van der Waals surface area contributed by atoms with Crippen molar-refractivity contribution in [2.24, 2.45) is 5.92 Å². The summed E-state index contributed by atoms with van der Waals surface area (Å²) in [5.41, 5.74) is 0.828. The summed E-state index contributed by atoms with van der Waals surface area (Å²) in [5.74, 6) is 2.01. The van der Waals surface area contributed by atoms with Gasteiger partial charge in [0.2, 0.25) is 0 Å². The molecule has 0 atom stereocenters. The number of Topliss-reactive ketones (excluding diaryl/α,β-unsaturated/α-hetero) is 1. The average Bonchev–Trinajstić information content (AvgIpc) is 3.62. The zero-order chi connectivity index (χ0) is 25.1. The lowest BCUT2D eigenvalue weighted by Crippen LogP contribution is -2.38. The maximum atomic E-state index is 12.8. The molecule has 1 aliphatic carbocycles. The van der Waals surface area contributed by atoms with Gasteiger partial charge in [-0.1, -0.05) is 6.07 Å². The lowest BCUT2D eigenvalue weighted by molar-refractivity contribution is -0.121. The molecular formula is C27H26N2O7. The molecule has 186 valence electrons. The Balaban J connectivity index is 1.28. The van der Waals surface area contributed by atoms with Crippen molar-refractivity contribution in [3.8, 4) is 17.2 Å². The topological polar surface area (TPSA) is 107 Å². The summed E-state index contributed by atoms with van der Waals surface area (Å²) < 4.78 is 22.1. The van der Waals surface area contributed by atoms with Crippen LogP contribution in [0.4, 0.5) is 5.69 Å². The first-order chi connectivity index (χ1) is 17.5. The number of anilines is 1. The van der Waals surface area contributed by atoms with Gasteiger partial charge in [-0.05, 0) is 61.2 Å². The highest BCUT2D eigenvalue weighted by Gasteiger charge is 2.28. The van der Waals surface area contributed by atoms with Crippen LogP contribution in [-0.2, 0) is 11.3 Å². The summed E-state index contributed by atoms with van der Waals surface area (Å²) in [6.07, 6.45) is 2.28. The fourth-order valence-electron chi connectivity index (χ4n) is 3.86. The third-order valence-corrected chi connectivity index (χ3v) is 6.08. The van der Waals surface area contributed by atoms with Crippen LogP contribution in [0.25, 0.3) is 0 Å². The van der Waals surface area contributed by atoms with Crippen LogP contribution >= 0.6 is 0 Å². The van der Waals surface area contributed by atoms with Gasteiger partial charge in [0.15, 0.2) is 24.8 Å². The van der Waals surface area contributed by atoms with Crippen molar-refractivity contribution in [3.63, 3.8) is 0 Å². The minimum Gasteiger partial charge on any atom is -0.497 e. The quantitative estimate of drug-likeness (QED) is 0.433. The number of amides is 2. The van der Waals surface area contributed by atoms with Gasteiger partial charge in [-0.25, -0.2) is 0 Å². The fraction of sp³-hybridized carbons (Fsp3) is 0.296. The van der Waals surface area contributed by atoms with Crippen LogP contribution in [0.3, 0.4) is 0 Å². The van der Waals surface area contributed by atoms with Gasteiger partial charge in [-0.2, -0.15) is 0 Å². The predicted molar refractivity (Wildman–Crippen MR) is 130 cm³/mol. The predicted octanol–water partition coefficient (Wildman–Crippen LogP) is 3.62. The van der Waals surface area contributed by atoms with Crippen LogP contribution in [0, 0.1) is 5.92 Å². The molecule has 2 aliphatic rings. The molecule has 0 bridgehead atoms. The number of carbonyl (C=O) groups excluding carboxylic acids is 3. The Hall–Kier alpha value is -4.27. The van der Waals surface area contributed by atoms with E-state index in [-0.39, 0.29) is 43.1 Å². The Morgan fingerprint density at radius 2 is 1.92 bits per heavy atom. The highest BCUT2D eigenvalue weighted by molar-refractivity contribution is 6.02. The number of benzene rings is 2. The van der Waals surface area contributed by atoms with Gasteiger partial charge >= 0.3 is 0 Å². The summed E-state index contributed by atoms with van der Waals surface area (Å²) in [7, 11) is 1.56. The van der Waals surface area contributed by atoms with E-state index in [4.69, 9.17) is 18.6 Å². The molecule has 1 N–H and O–H groups in total. The molecule has 2 heterocycles. The van der Waals surface area contributed by atoms with E-state index in [1.54, 1.807) is 61.7 Å². The molecule has 1 saturated carbocycles. The summed E-state index contributed by atoms with van der Waals surface area (Å²) >= 11 is 0. The Labute approximate surface area is 207 Å². The van der Waals surface area contributed by atoms with E-state index in [0.29, 0.717) is 46.7 Å². The molecule has 1 aromatic heterocycles. The SMILES string of the molecule is COc1cccc(OCC(=O)c2ccc3c(c2)N(Cc2ccc(C(=O)NCC4CC4)o2)C(=O)CO3)c1. The second-order valence-electron chi connectivity index (χ2n) is 8.76. The summed E-state index contributed by atoms with van der Waals surface area (Å²) in [5, 5.41) is 2.86. The minimum atomic E-state index is -0.282. The van der Waals surface area contributed by atoms with Crippen LogP contribution in [0.5, 0.6) is 17.2 Å². The molecule has 0 spiro atoms. The molecule has 9 heteroatoms. The van der Waals surface area contributed by atoms with Crippen molar-refractivity contribution in [3.05, 3.63) is 71.7 Å². The van der Waals surface area contributed by atoms with E-state index in [9.17, 15) is 14.4 Å². The third-order valence-electron chi connectivity index (χ3n) is 6.08. The monoisotopic (exact) mass is 490 g/mol. The van der Waals surface area contributed by atoms with Crippen LogP contribution in [-0.4, -0.2) is 44.5 Å². The Kier molecular flexibility index (Phi) is 6.62. The van der Waals surface area contributed by atoms with E-state index in [1.807, 2.05) is 0 Å². The summed E-state index contributed by atoms with van der Waals surface area (Å²) in [6, 6.07) is 15.2. The lowest BCUT2D eigenvalue weighted by Gasteiger charge is -2.29. The highest BCUT2D eigenvalue weighted by Crippen LogP contribution is 2.34. The molecule has 0 unspecified atom stereocenters. The van der Waals surface area contributed by atoms with E-state index in [2.05, 4.69) is 5.32 Å². The second kappa shape index (κ2) is 10.2. The molecule has 1 aliphatic heterocycles. The molecular weight excluding hydrogens is 464 g/mol. The van der Waals surface area contributed by atoms with Crippen LogP contribution in [0.1, 0.15) is 39.5 Å². The molecule has 5 rings (SSSR count). The van der Waals surface area contributed by atoms with Gasteiger partial charge in [0.05, 0.1) is 19.3 Å². The van der Waals surface area contributed by atoms with Gasteiger partial charge in [-0.15, -0.1) is 0 Å². The van der Waals surface area contributed by atoms with Crippen LogP contribution < -0.4 is 24.4 Å². The number of fused-ring (bicyclic) bond motifs is 1. The first-order valence-electron chi connectivity index (χ1n) is 11.7. The highest BCUT2D eigenvalue weighted by atomic mass is 16.5. The number of hydrogen-bond donors (Lipinski definition) is 1. The number of nitrogens with one attached hydrogen (secondary N) is 1. The number of methoxy groups -OCH3 is 1. The molecule has 36 heavy (non-hydrogen) atoms. The van der Waals surface area contributed by atoms with Gasteiger partial charge < -0.3 is 23.9 Å². The average molecular weight is 491 g/mol. The number of hydrogen-bond acceptors (Lipinski definition) is 7. The normalized spacial score (nSPS) is 14.6. The number of furan rings is 1. The van der Waals surface area contributed by atoms with E-state index in [0.717, 1.165) is 12.8 Å². The Morgan fingerprint density at radius 3 is 2.72 bits per heavy atom. The Morgan fingerprint density at radius 1 is 1.08 bits per heavy atom. The molecule has 2 amide bonds. The van der Waals surface area contributed by atoms with Crippen molar-refractivity contribution in [1.29, 1.82) is 0 Å². The number of nitrogens with zero attached hydrogens (tertiary/aromatic N) is 1. The maximum absolute atomic E-state index is 12.8. The number of ether oxygens (including phenoxy) is 3. The third kappa shape index (κ3) is 5.35. The lowest BCUT2D eigenvalue weighted by atomic mass is 10.1. The fourth-order valence-corrected chi connectivity index (χ4v) is 3.86. The summed E-state index contributed by atoms with van der Waals surface area (Å²) in [6.45, 7) is 0.429. The number of ketones is 1. The standard InChI is InChI=1S/C27H26N2O7/c1-33-19-3-2-4-20(12-19)34-15-23(30)18-7-9-24-22(11-18)29(26(31)16-35-24)14-21-8-10-25(36-21)27(32)28-13-17-5-6-17/h2-4,7-12,17H,5-6,13-16H2,1H3,(H,28,32). The molecule has 2 aromatic carbocycles. The van der Waals surface area contributed by atoms with Crippen molar-refractivity contribution < 1.29 is 33.0 Å². The molecule has 3 aromatic rings. The van der Waals surface area contributed by atoms with Crippen molar-refractivity contribution >= 4 is 23.3 Å². The second-order valence-corrected chi connectivity index (χ2v) is 8.76. The largest absolute Gasteiger partial charge is 0.497 e. The number of rotatable bonds is 10. The van der Waals surface area contributed by atoms with Crippen molar-refractivity contribution in [1.82, 2.24) is 5.32 Å². The molecule has 0 radical (unpaired) electrons. The van der Waals surface area contributed by atoms with Gasteiger partial charge in [0.1, 0.15) is 23.0 Å². The number of carbonyl (C=O) groups is 3. The van der Waals surface area contributed by atoms with E-state index < -0.39 is 0 Å². The van der Waals surface area contributed by atoms with E-state index >= 15 is 0 Å². The first-order valence-corrected chi connectivity index (χ1v) is 11.7. The Bertz CT molecular complexity index is 1290. The minimum absolute atomic E-state index is 0.100. The molecule has 9 nitrogen and oxygen atoms in total.